The summed E-state index contributed by atoms with van der Waals surface area (Å²) in [5.74, 6) is -0.498. The number of hydrogen-bond acceptors (Lipinski definition) is 4. The summed E-state index contributed by atoms with van der Waals surface area (Å²) >= 11 is 0. The molecule has 5 heteroatoms. The number of likely N-dealkylation sites (tertiary alicyclic amines) is 1. The zero-order chi connectivity index (χ0) is 13.9. The average molecular weight is 256 g/mol. The lowest BCUT2D eigenvalue weighted by atomic mass is 9.85. The Morgan fingerprint density at radius 3 is 2.44 bits per heavy atom. The summed E-state index contributed by atoms with van der Waals surface area (Å²) in [6, 6.07) is -1.06. The van der Waals surface area contributed by atoms with Gasteiger partial charge in [-0.2, -0.15) is 0 Å². The third-order valence-corrected chi connectivity index (χ3v) is 3.46. The van der Waals surface area contributed by atoms with E-state index in [-0.39, 0.29) is 17.3 Å². The number of carbonyl (C=O) groups excluding carboxylic acids is 2. The van der Waals surface area contributed by atoms with Crippen LogP contribution in [0.4, 0.5) is 0 Å². The molecule has 0 bridgehead atoms. The van der Waals surface area contributed by atoms with E-state index in [1.807, 2.05) is 20.8 Å². The van der Waals surface area contributed by atoms with Crippen molar-refractivity contribution in [3.63, 3.8) is 0 Å². The van der Waals surface area contributed by atoms with Gasteiger partial charge in [0.2, 0.25) is 5.91 Å². The van der Waals surface area contributed by atoms with E-state index in [0.29, 0.717) is 13.0 Å². The molecular formula is C13H24N2O3. The van der Waals surface area contributed by atoms with Crippen LogP contribution in [0.2, 0.25) is 0 Å². The van der Waals surface area contributed by atoms with Gasteiger partial charge in [-0.15, -0.1) is 0 Å². The Morgan fingerprint density at radius 2 is 1.94 bits per heavy atom. The fraction of sp³-hybridized carbons (Fsp3) is 0.846. The van der Waals surface area contributed by atoms with Crippen molar-refractivity contribution in [1.29, 1.82) is 0 Å². The SMILES string of the molecule is COC(=O)C1CCCCN1C(=O)C(N)C(C)(C)C. The molecule has 0 aliphatic carbocycles. The minimum Gasteiger partial charge on any atom is -0.467 e. The molecule has 1 saturated heterocycles. The van der Waals surface area contributed by atoms with Gasteiger partial charge in [-0.3, -0.25) is 4.79 Å². The predicted octanol–water partition coefficient (Wildman–Crippen LogP) is 0.914. The summed E-state index contributed by atoms with van der Waals surface area (Å²) in [7, 11) is 1.35. The standard InChI is InChI=1S/C13H24N2O3/c1-13(2,3)10(14)11(16)15-8-6-5-7-9(15)12(17)18-4/h9-10H,5-8,14H2,1-4H3. The smallest absolute Gasteiger partial charge is 0.328 e. The van der Waals surface area contributed by atoms with Crippen LogP contribution < -0.4 is 5.73 Å². The van der Waals surface area contributed by atoms with Crippen LogP contribution >= 0.6 is 0 Å². The van der Waals surface area contributed by atoms with Crippen molar-refractivity contribution < 1.29 is 14.3 Å². The number of ether oxygens (including phenoxy) is 1. The van der Waals surface area contributed by atoms with Crippen LogP contribution in [-0.4, -0.2) is 42.5 Å². The Bertz CT molecular complexity index is 323. The fourth-order valence-corrected chi connectivity index (χ4v) is 2.13. The molecule has 0 aromatic rings. The van der Waals surface area contributed by atoms with Crippen LogP contribution in [0.1, 0.15) is 40.0 Å². The minimum atomic E-state index is -0.595. The molecule has 0 aromatic carbocycles. The number of piperidine rings is 1. The quantitative estimate of drug-likeness (QED) is 0.745. The van der Waals surface area contributed by atoms with E-state index in [4.69, 9.17) is 10.5 Å². The van der Waals surface area contributed by atoms with Crippen LogP contribution in [0, 0.1) is 5.41 Å². The van der Waals surface area contributed by atoms with Gasteiger partial charge in [0.1, 0.15) is 6.04 Å². The lowest BCUT2D eigenvalue weighted by molar-refractivity contribution is -0.156. The molecule has 0 saturated carbocycles. The Labute approximate surface area is 109 Å². The molecule has 1 rings (SSSR count). The molecule has 1 fully saturated rings. The van der Waals surface area contributed by atoms with Crippen molar-refractivity contribution in [3.8, 4) is 0 Å². The third-order valence-electron chi connectivity index (χ3n) is 3.46. The van der Waals surface area contributed by atoms with E-state index in [2.05, 4.69) is 0 Å². The number of carbonyl (C=O) groups is 2. The first kappa shape index (κ1) is 15.0. The zero-order valence-electron chi connectivity index (χ0n) is 11.7. The summed E-state index contributed by atoms with van der Waals surface area (Å²) < 4.78 is 4.76. The highest BCUT2D eigenvalue weighted by atomic mass is 16.5. The van der Waals surface area contributed by atoms with Gasteiger partial charge < -0.3 is 15.4 Å². The Balaban J connectivity index is 2.84. The van der Waals surface area contributed by atoms with Crippen molar-refractivity contribution in [3.05, 3.63) is 0 Å². The first-order valence-corrected chi connectivity index (χ1v) is 6.43. The fourth-order valence-electron chi connectivity index (χ4n) is 2.13. The molecule has 18 heavy (non-hydrogen) atoms. The second-order valence-corrected chi connectivity index (χ2v) is 5.91. The molecule has 2 unspecified atom stereocenters. The number of esters is 1. The van der Waals surface area contributed by atoms with E-state index in [0.717, 1.165) is 12.8 Å². The molecule has 2 atom stereocenters. The van der Waals surface area contributed by atoms with Crippen LogP contribution in [-0.2, 0) is 14.3 Å². The molecule has 0 radical (unpaired) electrons. The highest BCUT2D eigenvalue weighted by Gasteiger charge is 2.38. The normalized spacial score (nSPS) is 22.5. The molecule has 1 aliphatic rings. The summed E-state index contributed by atoms with van der Waals surface area (Å²) in [5.41, 5.74) is 5.68. The first-order valence-electron chi connectivity index (χ1n) is 6.43. The van der Waals surface area contributed by atoms with E-state index in [1.165, 1.54) is 7.11 Å². The third kappa shape index (κ3) is 3.22. The monoisotopic (exact) mass is 256 g/mol. The largest absolute Gasteiger partial charge is 0.467 e. The topological polar surface area (TPSA) is 72.6 Å². The average Bonchev–Trinajstić information content (AvgIpc) is 2.35. The number of amides is 1. The maximum absolute atomic E-state index is 12.4. The second kappa shape index (κ2) is 5.69. The van der Waals surface area contributed by atoms with E-state index >= 15 is 0 Å². The lowest BCUT2D eigenvalue weighted by Crippen LogP contribution is -2.57. The number of nitrogens with two attached hydrogens (primary N) is 1. The van der Waals surface area contributed by atoms with Crippen molar-refractivity contribution in [1.82, 2.24) is 4.90 Å². The molecule has 1 aliphatic heterocycles. The highest BCUT2D eigenvalue weighted by Crippen LogP contribution is 2.24. The number of nitrogens with zero attached hydrogens (tertiary/aromatic N) is 1. The number of rotatable bonds is 2. The number of hydrogen-bond donors (Lipinski definition) is 1. The molecule has 2 N–H and O–H groups in total. The Kier molecular flexibility index (Phi) is 4.73. The van der Waals surface area contributed by atoms with Gasteiger partial charge in [-0.05, 0) is 24.7 Å². The Morgan fingerprint density at radius 1 is 1.33 bits per heavy atom. The molecular weight excluding hydrogens is 232 g/mol. The Hall–Kier alpha value is -1.10. The molecule has 5 nitrogen and oxygen atoms in total. The maximum atomic E-state index is 12.4. The van der Waals surface area contributed by atoms with Crippen LogP contribution in [0.15, 0.2) is 0 Å². The van der Waals surface area contributed by atoms with Gasteiger partial charge in [0.25, 0.3) is 0 Å². The van der Waals surface area contributed by atoms with Crippen molar-refractivity contribution in [2.45, 2.75) is 52.1 Å². The van der Waals surface area contributed by atoms with Gasteiger partial charge in [0.05, 0.1) is 13.2 Å². The van der Waals surface area contributed by atoms with E-state index < -0.39 is 12.1 Å². The van der Waals surface area contributed by atoms with E-state index in [9.17, 15) is 9.59 Å². The van der Waals surface area contributed by atoms with Gasteiger partial charge in [-0.25, -0.2) is 4.79 Å². The summed E-state index contributed by atoms with van der Waals surface area (Å²) in [6.07, 6.45) is 2.51. The van der Waals surface area contributed by atoms with Gasteiger partial charge in [0.15, 0.2) is 0 Å². The summed E-state index contributed by atoms with van der Waals surface area (Å²) in [5, 5.41) is 0. The van der Waals surface area contributed by atoms with Crippen molar-refractivity contribution >= 4 is 11.9 Å². The molecule has 104 valence electrons. The summed E-state index contributed by atoms with van der Waals surface area (Å²) in [6.45, 7) is 6.36. The van der Waals surface area contributed by atoms with E-state index in [1.54, 1.807) is 4.90 Å². The van der Waals surface area contributed by atoms with Crippen molar-refractivity contribution in [2.75, 3.05) is 13.7 Å². The van der Waals surface area contributed by atoms with Crippen LogP contribution in [0.25, 0.3) is 0 Å². The predicted molar refractivity (Wildman–Crippen MR) is 68.8 cm³/mol. The second-order valence-electron chi connectivity index (χ2n) is 5.91. The minimum absolute atomic E-state index is 0.155. The number of methoxy groups -OCH3 is 1. The molecule has 0 aromatic heterocycles. The van der Waals surface area contributed by atoms with Crippen molar-refractivity contribution in [2.24, 2.45) is 11.1 Å². The molecule has 1 amide bonds. The first-order chi connectivity index (χ1) is 8.29. The summed E-state index contributed by atoms with van der Waals surface area (Å²) in [4.78, 5) is 25.7. The maximum Gasteiger partial charge on any atom is 0.328 e. The van der Waals surface area contributed by atoms with Gasteiger partial charge >= 0.3 is 5.97 Å². The van der Waals surface area contributed by atoms with Crippen LogP contribution in [0.5, 0.6) is 0 Å². The van der Waals surface area contributed by atoms with Gasteiger partial charge in [-0.1, -0.05) is 20.8 Å². The van der Waals surface area contributed by atoms with Crippen LogP contribution in [0.3, 0.4) is 0 Å². The zero-order valence-corrected chi connectivity index (χ0v) is 11.7. The van der Waals surface area contributed by atoms with Gasteiger partial charge in [0, 0.05) is 6.54 Å². The highest BCUT2D eigenvalue weighted by molar-refractivity contribution is 5.88. The lowest BCUT2D eigenvalue weighted by Gasteiger charge is -2.38. The molecule has 1 heterocycles. The molecule has 0 spiro atoms.